The molecule has 1 saturated heterocycles. The van der Waals surface area contributed by atoms with Crippen LogP contribution in [0.5, 0.6) is 0 Å². The van der Waals surface area contributed by atoms with E-state index in [2.05, 4.69) is 25.0 Å². The molecule has 0 aliphatic carbocycles. The number of anilines is 1. The smallest absolute Gasteiger partial charge is 0.410 e. The van der Waals surface area contributed by atoms with Crippen LogP contribution in [-0.2, 0) is 35.7 Å². The SMILES string of the molecule is CCc1nc(N[C@@H]2CC[C@H](C)N(C(=O)OCc3ccccc3)C2)c2c(C(=O)O)c(Cc3ccccc3)n(COCC[Si](C)(C)C)c2n1. The number of piperidine rings is 1. The van der Waals surface area contributed by atoms with Crippen molar-refractivity contribution in [2.75, 3.05) is 18.5 Å². The third-order valence-corrected chi connectivity index (χ3v) is 10.4. The number of hydrogen-bond acceptors (Lipinski definition) is 7. The van der Waals surface area contributed by atoms with Gasteiger partial charge in [-0.05, 0) is 36.9 Å². The third-order valence-electron chi connectivity index (χ3n) is 8.68. The third kappa shape index (κ3) is 8.58. The van der Waals surface area contributed by atoms with E-state index < -0.39 is 14.0 Å². The van der Waals surface area contributed by atoms with Crippen LogP contribution < -0.4 is 5.32 Å². The molecule has 0 saturated carbocycles. The molecule has 0 unspecified atom stereocenters. The number of fused-ring (bicyclic) bond motifs is 1. The highest BCUT2D eigenvalue weighted by atomic mass is 28.3. The van der Waals surface area contributed by atoms with Gasteiger partial charge in [-0.2, -0.15) is 0 Å². The van der Waals surface area contributed by atoms with Gasteiger partial charge in [0.25, 0.3) is 0 Å². The van der Waals surface area contributed by atoms with Gasteiger partial charge in [0.1, 0.15) is 30.6 Å². The molecule has 2 N–H and O–H groups in total. The van der Waals surface area contributed by atoms with Crippen LogP contribution in [-0.4, -0.2) is 69.9 Å². The average molecular weight is 658 g/mol. The van der Waals surface area contributed by atoms with Crippen LogP contribution in [0.4, 0.5) is 10.6 Å². The fraction of sp³-hybridized carbons (Fsp3) is 0.444. The lowest BCUT2D eigenvalue weighted by atomic mass is 9.99. The summed E-state index contributed by atoms with van der Waals surface area (Å²) in [5, 5.41) is 14.7. The Bertz CT molecular complexity index is 1670. The van der Waals surface area contributed by atoms with Crippen LogP contribution in [0.2, 0.25) is 25.7 Å². The maximum absolute atomic E-state index is 13.2. The van der Waals surface area contributed by atoms with Crippen molar-refractivity contribution < 1.29 is 24.2 Å². The first-order valence-corrected chi connectivity index (χ1v) is 20.3. The number of nitrogens with zero attached hydrogens (tertiary/aromatic N) is 4. The van der Waals surface area contributed by atoms with E-state index in [1.165, 1.54) is 0 Å². The van der Waals surface area contributed by atoms with Gasteiger partial charge in [0.05, 0.1) is 10.9 Å². The number of ether oxygens (including phenoxy) is 2. The number of hydrogen-bond donors (Lipinski definition) is 2. The van der Waals surface area contributed by atoms with Crippen LogP contribution >= 0.6 is 0 Å². The molecule has 2 atom stereocenters. The summed E-state index contributed by atoms with van der Waals surface area (Å²) >= 11 is 0. The molecule has 1 aliphatic rings. The number of aromatic carboxylic acids is 1. The van der Waals surface area contributed by atoms with Gasteiger partial charge in [0.2, 0.25) is 0 Å². The lowest BCUT2D eigenvalue weighted by Crippen LogP contribution is -2.50. The number of aryl methyl sites for hydroxylation is 1. The fourth-order valence-electron chi connectivity index (χ4n) is 5.94. The van der Waals surface area contributed by atoms with Crippen LogP contribution in [0.3, 0.4) is 0 Å². The molecule has 5 rings (SSSR count). The molecule has 10 nitrogen and oxygen atoms in total. The Balaban J connectivity index is 1.49. The van der Waals surface area contributed by atoms with E-state index in [4.69, 9.17) is 19.4 Å². The first-order chi connectivity index (χ1) is 22.5. The molecular weight excluding hydrogens is 611 g/mol. The Kier molecular flexibility index (Phi) is 11.0. The van der Waals surface area contributed by atoms with Crippen LogP contribution in [0.1, 0.15) is 59.7 Å². The van der Waals surface area contributed by atoms with Crippen molar-refractivity contribution in [3.63, 3.8) is 0 Å². The minimum absolute atomic E-state index is 0.00870. The molecular formula is C36H47N5O5Si. The number of nitrogens with one attached hydrogen (secondary N) is 1. The van der Waals surface area contributed by atoms with E-state index in [1.54, 1.807) is 4.90 Å². The number of aromatic nitrogens is 3. The molecule has 2 aromatic carbocycles. The van der Waals surface area contributed by atoms with Gasteiger partial charge in [0, 0.05) is 51.8 Å². The lowest BCUT2D eigenvalue weighted by Gasteiger charge is -2.37. The van der Waals surface area contributed by atoms with Crippen molar-refractivity contribution in [2.24, 2.45) is 0 Å². The lowest BCUT2D eigenvalue weighted by molar-refractivity contribution is 0.0687. The predicted octanol–water partition coefficient (Wildman–Crippen LogP) is 7.20. The topological polar surface area (TPSA) is 119 Å². The van der Waals surface area contributed by atoms with Gasteiger partial charge in [-0.3, -0.25) is 0 Å². The highest BCUT2D eigenvalue weighted by molar-refractivity contribution is 6.76. The largest absolute Gasteiger partial charge is 0.478 e. The van der Waals surface area contributed by atoms with Crippen molar-refractivity contribution in [3.8, 4) is 0 Å². The summed E-state index contributed by atoms with van der Waals surface area (Å²) in [6, 6.07) is 20.3. The summed E-state index contributed by atoms with van der Waals surface area (Å²) in [5.74, 6) is 0.0324. The molecule has 47 heavy (non-hydrogen) atoms. The van der Waals surface area contributed by atoms with Gasteiger partial charge in [-0.1, -0.05) is 87.2 Å². The molecule has 4 aromatic rings. The summed E-state index contributed by atoms with van der Waals surface area (Å²) in [5.41, 5.74) is 3.26. The minimum atomic E-state index is -1.33. The highest BCUT2D eigenvalue weighted by Gasteiger charge is 2.33. The maximum Gasteiger partial charge on any atom is 0.410 e. The first kappa shape index (κ1) is 34.1. The second-order valence-corrected chi connectivity index (χ2v) is 19.2. The van der Waals surface area contributed by atoms with E-state index in [0.717, 1.165) is 30.0 Å². The molecule has 3 heterocycles. The second kappa shape index (κ2) is 15.1. The minimum Gasteiger partial charge on any atom is -0.478 e. The molecule has 250 valence electrons. The molecule has 2 aromatic heterocycles. The first-order valence-electron chi connectivity index (χ1n) is 16.5. The molecule has 11 heteroatoms. The Morgan fingerprint density at radius 3 is 2.32 bits per heavy atom. The molecule has 0 radical (unpaired) electrons. The van der Waals surface area contributed by atoms with Crippen LogP contribution in [0, 0.1) is 0 Å². The number of amides is 1. The molecule has 1 aliphatic heterocycles. The van der Waals surface area contributed by atoms with E-state index in [-0.39, 0.29) is 37.1 Å². The van der Waals surface area contributed by atoms with Gasteiger partial charge in [-0.25, -0.2) is 19.6 Å². The van der Waals surface area contributed by atoms with Gasteiger partial charge in [0.15, 0.2) is 0 Å². The van der Waals surface area contributed by atoms with Gasteiger partial charge in [-0.15, -0.1) is 0 Å². The standard InChI is InChI=1S/C36H47N5O5Si/c1-6-30-38-33(37-28-18-17-25(2)40(22-28)36(44)46-23-27-15-11-8-12-16-27)32-31(35(42)43)29(21-26-13-9-7-10-14-26)41(34(32)39-30)24-45-19-20-47(3,4)5/h7-16,25,28H,6,17-24H2,1-5H3,(H,42,43)(H,37,38,39)/t25-,28+/m0/s1. The number of rotatable bonds is 13. The Hall–Kier alpha value is -4.22. The Morgan fingerprint density at radius 1 is 1.00 bits per heavy atom. The van der Waals surface area contributed by atoms with Crippen LogP contribution in [0.25, 0.3) is 11.0 Å². The van der Waals surface area contributed by atoms with Crippen molar-refractivity contribution >= 4 is 37.0 Å². The number of benzene rings is 2. The zero-order valence-corrected chi connectivity index (χ0v) is 29.2. The monoisotopic (exact) mass is 657 g/mol. The van der Waals surface area contributed by atoms with Gasteiger partial charge >= 0.3 is 12.1 Å². The van der Waals surface area contributed by atoms with E-state index in [1.807, 2.05) is 79.1 Å². The number of carboxylic acid groups (broad SMARTS) is 1. The zero-order valence-electron chi connectivity index (χ0n) is 28.2. The van der Waals surface area contributed by atoms with Crippen molar-refractivity contribution in [2.45, 2.75) is 90.6 Å². The van der Waals surface area contributed by atoms with Crippen LogP contribution in [0.15, 0.2) is 60.7 Å². The van der Waals surface area contributed by atoms with E-state index >= 15 is 0 Å². The summed E-state index contributed by atoms with van der Waals surface area (Å²) in [4.78, 5) is 37.7. The fourth-order valence-corrected chi connectivity index (χ4v) is 6.70. The number of carbonyl (C=O) groups excluding carboxylic acids is 1. The quantitative estimate of drug-likeness (QED) is 0.115. The Morgan fingerprint density at radius 2 is 1.68 bits per heavy atom. The maximum atomic E-state index is 13.2. The number of likely N-dealkylation sites (tertiary alicyclic amines) is 1. The van der Waals surface area contributed by atoms with Crippen molar-refractivity contribution in [3.05, 3.63) is 88.9 Å². The number of carbonyl (C=O) groups is 2. The molecule has 0 bridgehead atoms. The zero-order chi connectivity index (χ0) is 33.6. The van der Waals surface area contributed by atoms with Crippen molar-refractivity contribution in [1.29, 1.82) is 0 Å². The Labute approximate surface area is 278 Å². The summed E-state index contributed by atoms with van der Waals surface area (Å²) in [7, 11) is -1.33. The molecule has 1 fully saturated rings. The summed E-state index contributed by atoms with van der Waals surface area (Å²) < 4.78 is 13.8. The van der Waals surface area contributed by atoms with Crippen molar-refractivity contribution in [1.82, 2.24) is 19.4 Å². The summed E-state index contributed by atoms with van der Waals surface area (Å²) in [6.07, 6.45) is 2.16. The molecule has 1 amide bonds. The van der Waals surface area contributed by atoms with E-state index in [9.17, 15) is 14.7 Å². The highest BCUT2D eigenvalue weighted by Crippen LogP contribution is 2.34. The number of carboxylic acids is 1. The molecule has 0 spiro atoms. The van der Waals surface area contributed by atoms with E-state index in [0.29, 0.717) is 54.4 Å². The average Bonchev–Trinajstić information content (AvgIpc) is 3.36. The second-order valence-electron chi connectivity index (χ2n) is 13.6. The van der Waals surface area contributed by atoms with Gasteiger partial charge < -0.3 is 29.4 Å². The normalized spacial score (nSPS) is 16.7. The summed E-state index contributed by atoms with van der Waals surface area (Å²) in [6.45, 7) is 12.3. The predicted molar refractivity (Wildman–Crippen MR) is 187 cm³/mol.